The quantitative estimate of drug-likeness (QED) is 0.778. The van der Waals surface area contributed by atoms with Gasteiger partial charge in [-0.05, 0) is 18.6 Å². The van der Waals surface area contributed by atoms with E-state index in [0.29, 0.717) is 12.3 Å². The van der Waals surface area contributed by atoms with E-state index in [4.69, 9.17) is 0 Å². The number of rotatable bonds is 5. The zero-order valence-corrected chi connectivity index (χ0v) is 15.2. The summed E-state index contributed by atoms with van der Waals surface area (Å²) >= 11 is 3.36. The number of thioether (sulfide) groups is 1. The summed E-state index contributed by atoms with van der Waals surface area (Å²) in [6, 6.07) is 0. The van der Waals surface area contributed by atoms with Crippen molar-refractivity contribution >= 4 is 29.0 Å². The summed E-state index contributed by atoms with van der Waals surface area (Å²) in [6.07, 6.45) is 6.35. The smallest absolute Gasteiger partial charge is 0.228 e. The topological polar surface area (TPSA) is 51.0 Å². The summed E-state index contributed by atoms with van der Waals surface area (Å²) in [6.45, 7) is 3.73. The lowest BCUT2D eigenvalue weighted by Gasteiger charge is -2.32. The van der Waals surface area contributed by atoms with Crippen LogP contribution in [0.25, 0.3) is 0 Å². The average Bonchev–Trinajstić information content (AvgIpc) is 3.17. The van der Waals surface area contributed by atoms with Crippen LogP contribution in [0.2, 0.25) is 0 Å². The van der Waals surface area contributed by atoms with E-state index in [-0.39, 0.29) is 5.91 Å². The van der Waals surface area contributed by atoms with Crippen LogP contribution < -0.4 is 0 Å². The summed E-state index contributed by atoms with van der Waals surface area (Å²) in [4.78, 5) is 23.6. The van der Waals surface area contributed by atoms with Crippen molar-refractivity contribution in [2.45, 2.75) is 36.4 Å². The van der Waals surface area contributed by atoms with Gasteiger partial charge in [0.15, 0.2) is 0 Å². The molecule has 5 nitrogen and oxygen atoms in total. The van der Waals surface area contributed by atoms with E-state index in [9.17, 15) is 4.79 Å². The second-order valence-electron chi connectivity index (χ2n) is 5.79. The Morgan fingerprint density at radius 2 is 2.39 bits per heavy atom. The Kier molecular flexibility index (Phi) is 5.38. The van der Waals surface area contributed by atoms with Gasteiger partial charge >= 0.3 is 0 Å². The highest BCUT2D eigenvalue weighted by molar-refractivity contribution is 8.00. The molecule has 0 unspecified atom stereocenters. The number of carbonyl (C=O) groups is 1. The lowest BCUT2D eigenvalue weighted by Crippen LogP contribution is -2.40. The fraction of sp³-hybridized carbons (Fsp3) is 0.562. The van der Waals surface area contributed by atoms with Gasteiger partial charge in [0, 0.05) is 43.8 Å². The van der Waals surface area contributed by atoms with Gasteiger partial charge in [0.2, 0.25) is 5.91 Å². The summed E-state index contributed by atoms with van der Waals surface area (Å²) in [5, 5.41) is 2.01. The number of thiazole rings is 1. The number of aryl methyl sites for hydroxylation is 1. The number of hydrogen-bond acceptors (Lipinski definition) is 5. The standard InChI is InChI=1S/C16H22N4OS2/c1-3-22-16-18-13(11-23-16)9-14(21)20-7-4-5-12(10-20)15-17-6-8-19(15)2/h6,8,11-12H,3-5,7,9-10H2,1-2H3/t12-/m0/s1. The minimum Gasteiger partial charge on any atom is -0.342 e. The van der Waals surface area contributed by atoms with Crippen molar-refractivity contribution in [1.82, 2.24) is 19.4 Å². The molecule has 2 aromatic rings. The molecule has 0 N–H and O–H groups in total. The second kappa shape index (κ2) is 7.49. The van der Waals surface area contributed by atoms with Crippen molar-refractivity contribution in [1.29, 1.82) is 0 Å². The first kappa shape index (κ1) is 16.5. The Morgan fingerprint density at radius 1 is 1.52 bits per heavy atom. The zero-order chi connectivity index (χ0) is 16.2. The Labute approximate surface area is 145 Å². The summed E-state index contributed by atoms with van der Waals surface area (Å²) in [7, 11) is 2.02. The Balaban J connectivity index is 1.61. The molecule has 0 saturated carbocycles. The molecule has 7 heteroatoms. The molecule has 0 aliphatic carbocycles. The largest absolute Gasteiger partial charge is 0.342 e. The van der Waals surface area contributed by atoms with Crippen molar-refractivity contribution in [2.75, 3.05) is 18.8 Å². The van der Waals surface area contributed by atoms with Crippen LogP contribution >= 0.6 is 23.1 Å². The molecule has 1 aliphatic heterocycles. The Bertz CT molecular complexity index is 667. The molecule has 23 heavy (non-hydrogen) atoms. The third-order valence-electron chi connectivity index (χ3n) is 4.13. The fourth-order valence-corrected chi connectivity index (χ4v) is 4.75. The first-order valence-corrected chi connectivity index (χ1v) is 9.86. The van der Waals surface area contributed by atoms with Gasteiger partial charge in [0.25, 0.3) is 0 Å². The van der Waals surface area contributed by atoms with E-state index >= 15 is 0 Å². The van der Waals surface area contributed by atoms with Gasteiger partial charge in [0.05, 0.1) is 12.1 Å². The van der Waals surface area contributed by atoms with Gasteiger partial charge in [-0.1, -0.05) is 18.7 Å². The van der Waals surface area contributed by atoms with Crippen molar-refractivity contribution in [3.05, 3.63) is 29.3 Å². The minimum atomic E-state index is 0.183. The fourth-order valence-electron chi connectivity index (χ4n) is 3.01. The maximum Gasteiger partial charge on any atom is 0.228 e. The third-order valence-corrected chi connectivity index (χ3v) is 6.08. The summed E-state index contributed by atoms with van der Waals surface area (Å²) < 4.78 is 3.12. The number of nitrogens with zero attached hydrogens (tertiary/aromatic N) is 4. The highest BCUT2D eigenvalue weighted by Crippen LogP contribution is 2.26. The van der Waals surface area contributed by atoms with E-state index in [1.54, 1.807) is 23.1 Å². The normalized spacial score (nSPS) is 18.3. The van der Waals surface area contributed by atoms with Crippen LogP contribution in [-0.2, 0) is 18.3 Å². The van der Waals surface area contributed by atoms with Crippen molar-refractivity contribution in [3.63, 3.8) is 0 Å². The molecular formula is C16H22N4OS2. The number of imidazole rings is 1. The molecule has 1 fully saturated rings. The number of likely N-dealkylation sites (tertiary alicyclic amines) is 1. The van der Waals surface area contributed by atoms with Crippen molar-refractivity contribution < 1.29 is 4.79 Å². The maximum absolute atomic E-state index is 12.6. The SMILES string of the molecule is CCSc1nc(CC(=O)N2CCC[C@H](c3nccn3C)C2)cs1. The summed E-state index contributed by atoms with van der Waals surface area (Å²) in [5.74, 6) is 2.62. The predicted molar refractivity (Wildman–Crippen MR) is 94.0 cm³/mol. The molecule has 3 heterocycles. The first-order chi connectivity index (χ1) is 11.2. The number of carbonyl (C=O) groups excluding carboxylic acids is 1. The van der Waals surface area contributed by atoms with Gasteiger partial charge in [0.1, 0.15) is 10.2 Å². The number of amides is 1. The van der Waals surface area contributed by atoms with Crippen molar-refractivity contribution in [3.8, 4) is 0 Å². The highest BCUT2D eigenvalue weighted by atomic mass is 32.2. The number of aromatic nitrogens is 3. The Morgan fingerprint density at radius 3 is 3.13 bits per heavy atom. The molecule has 3 rings (SSSR count). The van der Waals surface area contributed by atoms with E-state index in [1.807, 2.05) is 29.7 Å². The molecule has 1 amide bonds. The third kappa shape index (κ3) is 3.95. The van der Waals surface area contributed by atoms with Crippen LogP contribution in [0.15, 0.2) is 22.1 Å². The van der Waals surface area contributed by atoms with Gasteiger partial charge in [-0.25, -0.2) is 9.97 Å². The van der Waals surface area contributed by atoms with Crippen LogP contribution in [0.4, 0.5) is 0 Å². The zero-order valence-electron chi connectivity index (χ0n) is 13.6. The van der Waals surface area contributed by atoms with E-state index < -0.39 is 0 Å². The molecule has 1 atom stereocenters. The second-order valence-corrected chi connectivity index (χ2v) is 8.16. The van der Waals surface area contributed by atoms with Gasteiger partial charge < -0.3 is 9.47 Å². The van der Waals surface area contributed by atoms with Crippen molar-refractivity contribution in [2.24, 2.45) is 7.05 Å². The van der Waals surface area contributed by atoms with E-state index in [1.165, 1.54) is 0 Å². The van der Waals surface area contributed by atoms with E-state index in [2.05, 4.69) is 21.5 Å². The average molecular weight is 351 g/mol. The number of piperidine rings is 1. The predicted octanol–water partition coefficient (Wildman–Crippen LogP) is 2.94. The van der Waals surface area contributed by atoms with Crippen LogP contribution in [0.3, 0.4) is 0 Å². The van der Waals surface area contributed by atoms with Gasteiger partial charge in [-0.2, -0.15) is 0 Å². The van der Waals surface area contributed by atoms with Crippen LogP contribution in [0.5, 0.6) is 0 Å². The molecule has 0 radical (unpaired) electrons. The van der Waals surface area contributed by atoms with Gasteiger partial charge in [-0.15, -0.1) is 11.3 Å². The van der Waals surface area contributed by atoms with Crippen LogP contribution in [0, 0.1) is 0 Å². The lowest BCUT2D eigenvalue weighted by atomic mass is 9.97. The molecule has 0 spiro atoms. The molecular weight excluding hydrogens is 328 g/mol. The Hall–Kier alpha value is -1.34. The van der Waals surface area contributed by atoms with Crippen LogP contribution in [0.1, 0.15) is 37.2 Å². The first-order valence-electron chi connectivity index (χ1n) is 7.99. The highest BCUT2D eigenvalue weighted by Gasteiger charge is 2.27. The monoisotopic (exact) mass is 350 g/mol. The number of hydrogen-bond donors (Lipinski definition) is 0. The maximum atomic E-state index is 12.6. The molecule has 0 bridgehead atoms. The van der Waals surface area contributed by atoms with E-state index in [0.717, 1.165) is 47.5 Å². The van der Waals surface area contributed by atoms with Gasteiger partial charge in [-0.3, -0.25) is 4.79 Å². The molecule has 2 aromatic heterocycles. The minimum absolute atomic E-state index is 0.183. The molecule has 124 valence electrons. The molecule has 1 saturated heterocycles. The van der Waals surface area contributed by atoms with Crippen LogP contribution in [-0.4, -0.2) is 44.2 Å². The summed E-state index contributed by atoms with van der Waals surface area (Å²) in [5.41, 5.74) is 0.898. The molecule has 1 aliphatic rings. The lowest BCUT2D eigenvalue weighted by molar-refractivity contribution is -0.131. The molecule has 0 aromatic carbocycles.